The molecular formula is C12H22N2O3. The van der Waals surface area contributed by atoms with Crippen LogP contribution in [-0.2, 0) is 9.59 Å². The Bertz CT molecular complexity index is 273. The molecule has 98 valence electrons. The van der Waals surface area contributed by atoms with Gasteiger partial charge in [-0.3, -0.25) is 4.79 Å². The average molecular weight is 242 g/mol. The van der Waals surface area contributed by atoms with E-state index in [1.54, 1.807) is 19.0 Å². The van der Waals surface area contributed by atoms with Crippen molar-refractivity contribution in [2.45, 2.75) is 38.1 Å². The Morgan fingerprint density at radius 1 is 1.29 bits per heavy atom. The molecule has 0 aliphatic heterocycles. The van der Waals surface area contributed by atoms with Crippen molar-refractivity contribution in [3.8, 4) is 0 Å². The molecule has 1 aliphatic rings. The highest BCUT2D eigenvalue weighted by Crippen LogP contribution is 2.26. The molecule has 17 heavy (non-hydrogen) atoms. The fraction of sp³-hybridized carbons (Fsp3) is 0.833. The molecule has 0 bridgehead atoms. The number of nitrogens with one attached hydrogen (secondary N) is 1. The Labute approximate surface area is 102 Å². The van der Waals surface area contributed by atoms with Crippen LogP contribution in [0.4, 0.5) is 0 Å². The van der Waals surface area contributed by atoms with Gasteiger partial charge in [0.05, 0.1) is 6.54 Å². The molecule has 1 aliphatic carbocycles. The van der Waals surface area contributed by atoms with E-state index in [-0.39, 0.29) is 18.4 Å². The number of carboxylic acids is 1. The maximum Gasteiger partial charge on any atom is 0.326 e. The van der Waals surface area contributed by atoms with E-state index in [9.17, 15) is 14.7 Å². The van der Waals surface area contributed by atoms with Gasteiger partial charge < -0.3 is 15.3 Å². The van der Waals surface area contributed by atoms with Crippen LogP contribution in [0.15, 0.2) is 0 Å². The van der Waals surface area contributed by atoms with Crippen LogP contribution in [0, 0.1) is 5.92 Å². The summed E-state index contributed by atoms with van der Waals surface area (Å²) in [5, 5.41) is 11.8. The highest BCUT2D eigenvalue weighted by molar-refractivity contribution is 5.84. The quantitative estimate of drug-likeness (QED) is 0.744. The first-order chi connectivity index (χ1) is 8.00. The number of hydrogen-bond donors (Lipinski definition) is 2. The van der Waals surface area contributed by atoms with Gasteiger partial charge in [0.15, 0.2) is 0 Å². The molecule has 1 atom stereocenters. The molecule has 0 spiro atoms. The molecule has 1 saturated carbocycles. The topological polar surface area (TPSA) is 69.6 Å². The van der Waals surface area contributed by atoms with E-state index in [1.807, 2.05) is 0 Å². The molecule has 5 nitrogen and oxygen atoms in total. The van der Waals surface area contributed by atoms with Gasteiger partial charge in [0.25, 0.3) is 0 Å². The number of hydrogen-bond acceptors (Lipinski definition) is 3. The van der Waals surface area contributed by atoms with Crippen molar-refractivity contribution in [1.29, 1.82) is 0 Å². The molecule has 1 amide bonds. The summed E-state index contributed by atoms with van der Waals surface area (Å²) in [6.07, 6.45) is 5.11. The maximum absolute atomic E-state index is 11.6. The largest absolute Gasteiger partial charge is 0.480 e. The van der Waals surface area contributed by atoms with Crippen molar-refractivity contribution in [3.05, 3.63) is 0 Å². The van der Waals surface area contributed by atoms with Crippen molar-refractivity contribution in [1.82, 2.24) is 10.2 Å². The number of carbonyl (C=O) groups excluding carboxylic acids is 1. The molecule has 0 aromatic carbocycles. The number of rotatable bonds is 5. The normalized spacial score (nSPS) is 19.0. The van der Waals surface area contributed by atoms with Gasteiger partial charge in [-0.2, -0.15) is 0 Å². The number of amides is 1. The van der Waals surface area contributed by atoms with Gasteiger partial charge in [0.2, 0.25) is 5.91 Å². The zero-order valence-electron chi connectivity index (χ0n) is 10.6. The second-order valence-electron chi connectivity index (χ2n) is 5.02. The summed E-state index contributed by atoms with van der Waals surface area (Å²) in [4.78, 5) is 24.5. The van der Waals surface area contributed by atoms with Crippen molar-refractivity contribution in [2.24, 2.45) is 5.92 Å². The molecule has 2 N–H and O–H groups in total. The molecule has 0 radical (unpaired) electrons. The van der Waals surface area contributed by atoms with E-state index in [4.69, 9.17) is 0 Å². The molecule has 1 unspecified atom stereocenters. The van der Waals surface area contributed by atoms with Crippen molar-refractivity contribution in [2.75, 3.05) is 20.6 Å². The van der Waals surface area contributed by atoms with Crippen LogP contribution in [0.2, 0.25) is 0 Å². The van der Waals surface area contributed by atoms with E-state index < -0.39 is 12.0 Å². The van der Waals surface area contributed by atoms with Crippen LogP contribution in [0.1, 0.15) is 32.1 Å². The minimum Gasteiger partial charge on any atom is -0.480 e. The fourth-order valence-electron chi connectivity index (χ4n) is 2.36. The van der Waals surface area contributed by atoms with Crippen LogP contribution >= 0.6 is 0 Å². The summed E-state index contributed by atoms with van der Waals surface area (Å²) in [7, 11) is 3.58. The van der Waals surface area contributed by atoms with Crippen molar-refractivity contribution < 1.29 is 14.7 Å². The van der Waals surface area contributed by atoms with Gasteiger partial charge in [0, 0.05) is 0 Å². The van der Waals surface area contributed by atoms with E-state index in [0.717, 1.165) is 25.7 Å². The summed E-state index contributed by atoms with van der Waals surface area (Å²) in [5.74, 6) is -1.04. The number of likely N-dealkylation sites (N-methyl/N-ethyl adjacent to an activating group) is 1. The van der Waals surface area contributed by atoms with Crippen LogP contribution in [0.5, 0.6) is 0 Å². The number of carboxylic acid groups (broad SMARTS) is 1. The molecule has 0 heterocycles. The average Bonchev–Trinajstić information content (AvgIpc) is 2.25. The van der Waals surface area contributed by atoms with Crippen LogP contribution in [0.25, 0.3) is 0 Å². The van der Waals surface area contributed by atoms with Crippen LogP contribution < -0.4 is 5.32 Å². The molecule has 0 aromatic rings. The van der Waals surface area contributed by atoms with E-state index >= 15 is 0 Å². The second kappa shape index (κ2) is 6.59. The summed E-state index contributed by atoms with van der Waals surface area (Å²) in [6, 6.07) is -0.720. The SMILES string of the molecule is CN(C)CC(=O)NC(C(=O)O)C1CCCCC1. The zero-order valence-corrected chi connectivity index (χ0v) is 10.6. The molecule has 0 aromatic heterocycles. The lowest BCUT2D eigenvalue weighted by Gasteiger charge is -2.28. The van der Waals surface area contributed by atoms with E-state index in [0.29, 0.717) is 0 Å². The molecular weight excluding hydrogens is 220 g/mol. The third-order valence-electron chi connectivity index (χ3n) is 3.16. The molecule has 5 heteroatoms. The number of aliphatic carboxylic acids is 1. The van der Waals surface area contributed by atoms with Gasteiger partial charge in [-0.1, -0.05) is 19.3 Å². The fourth-order valence-corrected chi connectivity index (χ4v) is 2.36. The van der Waals surface area contributed by atoms with E-state index in [2.05, 4.69) is 5.32 Å². The molecule has 1 rings (SSSR count). The van der Waals surface area contributed by atoms with Gasteiger partial charge in [-0.15, -0.1) is 0 Å². The summed E-state index contributed by atoms with van der Waals surface area (Å²) in [6.45, 7) is 0.233. The number of nitrogens with zero attached hydrogens (tertiary/aromatic N) is 1. The maximum atomic E-state index is 11.6. The first-order valence-electron chi connectivity index (χ1n) is 6.17. The second-order valence-corrected chi connectivity index (χ2v) is 5.02. The Morgan fingerprint density at radius 3 is 2.35 bits per heavy atom. The molecule has 1 fully saturated rings. The Hall–Kier alpha value is -1.10. The first kappa shape index (κ1) is 14.0. The van der Waals surface area contributed by atoms with Crippen LogP contribution in [-0.4, -0.2) is 48.6 Å². The lowest BCUT2D eigenvalue weighted by Crippen LogP contribution is -2.48. The highest BCUT2D eigenvalue weighted by Gasteiger charge is 2.30. The summed E-state index contributed by atoms with van der Waals surface area (Å²) < 4.78 is 0. The van der Waals surface area contributed by atoms with Crippen molar-refractivity contribution >= 4 is 11.9 Å². The zero-order chi connectivity index (χ0) is 12.8. The minimum atomic E-state index is -0.913. The number of carbonyl (C=O) groups is 2. The van der Waals surface area contributed by atoms with Crippen molar-refractivity contribution in [3.63, 3.8) is 0 Å². The third-order valence-corrected chi connectivity index (χ3v) is 3.16. The minimum absolute atomic E-state index is 0.0902. The summed E-state index contributed by atoms with van der Waals surface area (Å²) >= 11 is 0. The standard InChI is InChI=1S/C12H22N2O3/c1-14(2)8-10(15)13-11(12(16)17)9-6-4-3-5-7-9/h9,11H,3-8H2,1-2H3,(H,13,15)(H,16,17). The monoisotopic (exact) mass is 242 g/mol. The predicted octanol–water partition coefficient (Wildman–Crippen LogP) is 0.698. The Balaban J connectivity index is 2.53. The highest BCUT2D eigenvalue weighted by atomic mass is 16.4. The Morgan fingerprint density at radius 2 is 1.88 bits per heavy atom. The van der Waals surface area contributed by atoms with Gasteiger partial charge in [-0.25, -0.2) is 4.79 Å². The molecule has 0 saturated heterocycles. The predicted molar refractivity (Wildman–Crippen MR) is 64.7 cm³/mol. The summed E-state index contributed by atoms with van der Waals surface area (Å²) in [5.41, 5.74) is 0. The van der Waals surface area contributed by atoms with Gasteiger partial charge in [0.1, 0.15) is 6.04 Å². The lowest BCUT2D eigenvalue weighted by molar-refractivity contribution is -0.144. The lowest BCUT2D eigenvalue weighted by atomic mass is 9.84. The van der Waals surface area contributed by atoms with Gasteiger partial charge >= 0.3 is 5.97 Å². The van der Waals surface area contributed by atoms with E-state index in [1.165, 1.54) is 6.42 Å². The van der Waals surface area contributed by atoms with Crippen LogP contribution in [0.3, 0.4) is 0 Å². The smallest absolute Gasteiger partial charge is 0.326 e. The third kappa shape index (κ3) is 4.73. The van der Waals surface area contributed by atoms with Gasteiger partial charge in [-0.05, 0) is 32.9 Å². The first-order valence-corrected chi connectivity index (χ1v) is 6.17. The Kier molecular flexibility index (Phi) is 5.41.